The van der Waals surface area contributed by atoms with Gasteiger partial charge in [-0.3, -0.25) is 4.79 Å². The standard InChI is InChI=1S/C13H25NO3/c1-8(12(15)17-6)9(2)14-10-7-11(16-5)13(10,3)4/h8-11,14H,7H2,1-6H3. The van der Waals surface area contributed by atoms with Crippen molar-refractivity contribution in [2.24, 2.45) is 11.3 Å². The Morgan fingerprint density at radius 2 is 1.94 bits per heavy atom. The molecule has 0 aromatic carbocycles. The van der Waals surface area contributed by atoms with Gasteiger partial charge in [0.2, 0.25) is 0 Å². The van der Waals surface area contributed by atoms with Crippen LogP contribution in [0.15, 0.2) is 0 Å². The third-order valence-corrected chi connectivity index (χ3v) is 4.25. The van der Waals surface area contributed by atoms with Crippen molar-refractivity contribution in [2.75, 3.05) is 14.2 Å². The van der Waals surface area contributed by atoms with Gasteiger partial charge in [0.25, 0.3) is 0 Å². The van der Waals surface area contributed by atoms with Crippen molar-refractivity contribution < 1.29 is 14.3 Å². The van der Waals surface area contributed by atoms with Crippen LogP contribution in [0.1, 0.15) is 34.1 Å². The molecule has 0 saturated heterocycles. The van der Waals surface area contributed by atoms with Crippen molar-refractivity contribution in [2.45, 2.75) is 52.3 Å². The lowest BCUT2D eigenvalue weighted by atomic mass is 9.64. The first-order valence-electron chi connectivity index (χ1n) is 6.21. The van der Waals surface area contributed by atoms with Gasteiger partial charge < -0.3 is 14.8 Å². The SMILES string of the molecule is COC(=O)C(C)C(C)NC1CC(OC)C1(C)C. The van der Waals surface area contributed by atoms with Gasteiger partial charge >= 0.3 is 5.97 Å². The molecule has 0 aromatic rings. The highest BCUT2D eigenvalue weighted by atomic mass is 16.5. The van der Waals surface area contributed by atoms with Gasteiger partial charge in [-0.05, 0) is 13.3 Å². The van der Waals surface area contributed by atoms with Crippen molar-refractivity contribution in [3.05, 3.63) is 0 Å². The fraction of sp³-hybridized carbons (Fsp3) is 0.923. The Labute approximate surface area is 104 Å². The summed E-state index contributed by atoms with van der Waals surface area (Å²) in [4.78, 5) is 11.4. The Morgan fingerprint density at radius 1 is 1.35 bits per heavy atom. The average Bonchev–Trinajstić information content (AvgIpc) is 2.31. The molecule has 1 aliphatic rings. The zero-order chi connectivity index (χ0) is 13.2. The van der Waals surface area contributed by atoms with E-state index in [9.17, 15) is 4.79 Å². The monoisotopic (exact) mass is 243 g/mol. The van der Waals surface area contributed by atoms with Crippen LogP contribution in [0.2, 0.25) is 0 Å². The molecule has 4 heteroatoms. The maximum absolute atomic E-state index is 11.4. The second kappa shape index (κ2) is 5.36. The van der Waals surface area contributed by atoms with Crippen LogP contribution in [0.5, 0.6) is 0 Å². The first kappa shape index (κ1) is 14.5. The van der Waals surface area contributed by atoms with Gasteiger partial charge in [-0.1, -0.05) is 20.8 Å². The maximum atomic E-state index is 11.4. The minimum absolute atomic E-state index is 0.115. The van der Waals surface area contributed by atoms with E-state index < -0.39 is 0 Å². The van der Waals surface area contributed by atoms with E-state index in [1.54, 1.807) is 7.11 Å². The van der Waals surface area contributed by atoms with Crippen molar-refractivity contribution in [3.8, 4) is 0 Å². The quantitative estimate of drug-likeness (QED) is 0.745. The van der Waals surface area contributed by atoms with Gasteiger partial charge in [-0.15, -0.1) is 0 Å². The highest BCUT2D eigenvalue weighted by Crippen LogP contribution is 2.42. The van der Waals surface area contributed by atoms with Crippen LogP contribution in [0, 0.1) is 11.3 Å². The molecule has 4 unspecified atom stereocenters. The predicted molar refractivity (Wildman–Crippen MR) is 66.8 cm³/mol. The molecule has 0 aliphatic heterocycles. The maximum Gasteiger partial charge on any atom is 0.309 e. The van der Waals surface area contributed by atoms with E-state index in [4.69, 9.17) is 9.47 Å². The molecule has 1 fully saturated rings. The molecule has 0 aromatic heterocycles. The molecule has 1 rings (SSSR count). The van der Waals surface area contributed by atoms with E-state index in [0.717, 1.165) is 6.42 Å². The lowest BCUT2D eigenvalue weighted by Gasteiger charge is -2.52. The molecule has 4 atom stereocenters. The summed E-state index contributed by atoms with van der Waals surface area (Å²) in [7, 11) is 3.18. The summed E-state index contributed by atoms with van der Waals surface area (Å²) >= 11 is 0. The normalized spacial score (nSPS) is 30.2. The molecule has 0 bridgehead atoms. The summed E-state index contributed by atoms with van der Waals surface area (Å²) in [5.74, 6) is -0.289. The Bertz CT molecular complexity index is 278. The van der Waals surface area contributed by atoms with Gasteiger partial charge in [-0.25, -0.2) is 0 Å². The Kier molecular flexibility index (Phi) is 4.55. The zero-order valence-electron chi connectivity index (χ0n) is 11.7. The number of carbonyl (C=O) groups excluding carboxylic acids is 1. The minimum atomic E-state index is -0.162. The summed E-state index contributed by atoms with van der Waals surface area (Å²) in [6.45, 7) is 8.30. The largest absolute Gasteiger partial charge is 0.469 e. The summed E-state index contributed by atoms with van der Waals surface area (Å²) in [6.07, 6.45) is 1.31. The number of rotatable bonds is 5. The van der Waals surface area contributed by atoms with Crippen molar-refractivity contribution in [1.29, 1.82) is 0 Å². The molecule has 0 radical (unpaired) electrons. The van der Waals surface area contributed by atoms with Gasteiger partial charge in [0.15, 0.2) is 0 Å². The van der Waals surface area contributed by atoms with Crippen LogP contribution in [0.4, 0.5) is 0 Å². The molecule has 0 spiro atoms. The van der Waals surface area contributed by atoms with Crippen LogP contribution in [0.3, 0.4) is 0 Å². The van der Waals surface area contributed by atoms with Crippen LogP contribution in [-0.4, -0.2) is 38.4 Å². The lowest BCUT2D eigenvalue weighted by Crippen LogP contribution is -2.63. The van der Waals surface area contributed by atoms with Gasteiger partial charge in [0.1, 0.15) is 0 Å². The lowest BCUT2D eigenvalue weighted by molar-refractivity contribution is -0.146. The van der Waals surface area contributed by atoms with E-state index in [0.29, 0.717) is 12.1 Å². The molecule has 100 valence electrons. The first-order valence-corrected chi connectivity index (χ1v) is 6.21. The molecule has 1 aliphatic carbocycles. The Hall–Kier alpha value is -0.610. The molecule has 4 nitrogen and oxygen atoms in total. The fourth-order valence-electron chi connectivity index (χ4n) is 2.42. The first-order chi connectivity index (χ1) is 7.84. The minimum Gasteiger partial charge on any atom is -0.469 e. The molecular formula is C13H25NO3. The molecule has 0 amide bonds. The van der Waals surface area contributed by atoms with Crippen molar-refractivity contribution in [1.82, 2.24) is 5.32 Å². The number of carbonyl (C=O) groups is 1. The third-order valence-electron chi connectivity index (χ3n) is 4.25. The molecule has 1 N–H and O–H groups in total. The number of esters is 1. The smallest absolute Gasteiger partial charge is 0.309 e. The third kappa shape index (κ3) is 2.80. The van der Waals surface area contributed by atoms with Gasteiger partial charge in [0.05, 0.1) is 19.1 Å². The molecule has 1 saturated carbocycles. The predicted octanol–water partition coefficient (Wildman–Crippen LogP) is 1.59. The fourth-order valence-corrected chi connectivity index (χ4v) is 2.42. The number of nitrogens with one attached hydrogen (secondary N) is 1. The average molecular weight is 243 g/mol. The van der Waals surface area contributed by atoms with Crippen LogP contribution in [-0.2, 0) is 14.3 Å². The highest BCUT2D eigenvalue weighted by molar-refractivity contribution is 5.72. The Balaban J connectivity index is 2.48. The van der Waals surface area contributed by atoms with Crippen molar-refractivity contribution in [3.63, 3.8) is 0 Å². The zero-order valence-corrected chi connectivity index (χ0v) is 11.7. The number of ether oxygens (including phenoxy) is 2. The van der Waals surface area contributed by atoms with Crippen molar-refractivity contribution >= 4 is 5.97 Å². The van der Waals surface area contributed by atoms with Gasteiger partial charge in [-0.2, -0.15) is 0 Å². The summed E-state index contributed by atoms with van der Waals surface area (Å²) in [6, 6.07) is 0.513. The second-order valence-electron chi connectivity index (χ2n) is 5.60. The van der Waals surface area contributed by atoms with E-state index >= 15 is 0 Å². The van der Waals surface area contributed by atoms with Gasteiger partial charge in [0, 0.05) is 24.6 Å². The van der Waals surface area contributed by atoms with E-state index in [1.807, 2.05) is 13.8 Å². The number of hydrogen-bond acceptors (Lipinski definition) is 4. The number of hydrogen-bond donors (Lipinski definition) is 1. The summed E-state index contributed by atoms with van der Waals surface area (Å²) < 4.78 is 10.2. The molecule has 17 heavy (non-hydrogen) atoms. The molecular weight excluding hydrogens is 218 g/mol. The van der Waals surface area contributed by atoms with Crippen LogP contribution in [0.25, 0.3) is 0 Å². The summed E-state index contributed by atoms with van der Waals surface area (Å²) in [5.41, 5.74) is 0.124. The molecule has 0 heterocycles. The highest BCUT2D eigenvalue weighted by Gasteiger charge is 2.49. The second-order valence-corrected chi connectivity index (χ2v) is 5.60. The van der Waals surface area contributed by atoms with E-state index in [1.165, 1.54) is 7.11 Å². The van der Waals surface area contributed by atoms with Crippen LogP contribution < -0.4 is 5.32 Å². The van der Waals surface area contributed by atoms with Crippen LogP contribution >= 0.6 is 0 Å². The number of methoxy groups -OCH3 is 2. The summed E-state index contributed by atoms with van der Waals surface area (Å²) in [5, 5.41) is 3.51. The van der Waals surface area contributed by atoms with E-state index in [2.05, 4.69) is 19.2 Å². The topological polar surface area (TPSA) is 47.6 Å². The Morgan fingerprint density at radius 3 is 2.35 bits per heavy atom. The van der Waals surface area contributed by atoms with E-state index in [-0.39, 0.29) is 23.3 Å².